The van der Waals surface area contributed by atoms with Crippen LogP contribution in [0, 0.1) is 11.3 Å². The van der Waals surface area contributed by atoms with Gasteiger partial charge < -0.3 is 10.0 Å². The summed E-state index contributed by atoms with van der Waals surface area (Å²) >= 11 is 5.78. The first kappa shape index (κ1) is 10.1. The Labute approximate surface area is 81.3 Å². The second-order valence-corrected chi connectivity index (χ2v) is 2.92. The van der Waals surface area contributed by atoms with Gasteiger partial charge in [-0.3, -0.25) is 0 Å². The molecule has 66 valence electrons. The van der Waals surface area contributed by atoms with E-state index in [4.69, 9.17) is 26.9 Å². The van der Waals surface area contributed by atoms with Crippen molar-refractivity contribution in [3.63, 3.8) is 0 Å². The first-order chi connectivity index (χ1) is 6.16. The molecule has 0 aromatic heterocycles. The number of nitriles is 1. The van der Waals surface area contributed by atoms with Crippen LogP contribution in [0.25, 0.3) is 0 Å². The Morgan fingerprint density at radius 1 is 1.46 bits per heavy atom. The summed E-state index contributed by atoms with van der Waals surface area (Å²) in [5.74, 6) is 0. The quantitative estimate of drug-likeness (QED) is 0.657. The van der Waals surface area contributed by atoms with Gasteiger partial charge in [-0.15, -0.1) is 0 Å². The Bertz CT molecular complexity index is 348. The molecule has 1 aromatic rings. The molecular weight excluding hydrogens is 188 g/mol. The fourth-order valence-corrected chi connectivity index (χ4v) is 1.33. The molecule has 0 saturated carbocycles. The van der Waals surface area contributed by atoms with Crippen LogP contribution in [0.15, 0.2) is 18.2 Å². The summed E-state index contributed by atoms with van der Waals surface area (Å²) in [5, 5.41) is 26.7. The highest BCUT2D eigenvalue weighted by atomic mass is 35.5. The first-order valence-corrected chi connectivity index (χ1v) is 4.05. The average molecular weight is 195 g/mol. The van der Waals surface area contributed by atoms with Gasteiger partial charge in [-0.2, -0.15) is 5.26 Å². The third-order valence-corrected chi connectivity index (χ3v) is 2.04. The van der Waals surface area contributed by atoms with E-state index in [1.165, 1.54) is 6.07 Å². The standard InChI is InChI=1S/C8H7BClNO2/c10-8-3-1-2-7(9(12)13)6(8)4-5-11/h1-3,12-13H,4H2. The Morgan fingerprint density at radius 3 is 2.69 bits per heavy atom. The lowest BCUT2D eigenvalue weighted by atomic mass is 9.76. The average Bonchev–Trinajstić information content (AvgIpc) is 2.08. The molecule has 0 aliphatic rings. The first-order valence-electron chi connectivity index (χ1n) is 3.67. The van der Waals surface area contributed by atoms with E-state index < -0.39 is 7.12 Å². The van der Waals surface area contributed by atoms with Gasteiger partial charge in [0.25, 0.3) is 0 Å². The molecule has 0 aliphatic heterocycles. The molecular formula is C8H7BClNO2. The third kappa shape index (κ3) is 2.22. The summed E-state index contributed by atoms with van der Waals surface area (Å²) in [7, 11) is -1.58. The molecule has 0 spiro atoms. The zero-order valence-corrected chi connectivity index (χ0v) is 7.49. The summed E-state index contributed by atoms with van der Waals surface area (Å²) in [4.78, 5) is 0. The molecule has 0 bridgehead atoms. The molecule has 0 saturated heterocycles. The van der Waals surface area contributed by atoms with Gasteiger partial charge in [0.1, 0.15) is 0 Å². The highest BCUT2D eigenvalue weighted by molar-refractivity contribution is 6.59. The SMILES string of the molecule is N#CCc1c(Cl)cccc1B(O)O. The summed E-state index contributed by atoms with van der Waals surface area (Å²) in [6.45, 7) is 0. The normalized spacial score (nSPS) is 9.38. The molecule has 0 fully saturated rings. The molecule has 1 aromatic carbocycles. The topological polar surface area (TPSA) is 64.2 Å². The van der Waals surface area contributed by atoms with E-state index in [1.807, 2.05) is 6.07 Å². The van der Waals surface area contributed by atoms with E-state index in [1.54, 1.807) is 12.1 Å². The molecule has 0 aliphatic carbocycles. The van der Waals surface area contributed by atoms with Crippen LogP contribution in [0.2, 0.25) is 5.02 Å². The van der Waals surface area contributed by atoms with Crippen molar-refractivity contribution in [2.24, 2.45) is 0 Å². The highest BCUT2D eigenvalue weighted by Gasteiger charge is 2.17. The number of hydrogen-bond acceptors (Lipinski definition) is 3. The third-order valence-electron chi connectivity index (χ3n) is 1.69. The van der Waals surface area contributed by atoms with E-state index in [0.29, 0.717) is 10.6 Å². The zero-order valence-electron chi connectivity index (χ0n) is 6.74. The Morgan fingerprint density at radius 2 is 2.15 bits per heavy atom. The second kappa shape index (κ2) is 4.29. The van der Waals surface area contributed by atoms with Crippen LogP contribution in [-0.2, 0) is 6.42 Å². The van der Waals surface area contributed by atoms with Gasteiger partial charge in [-0.1, -0.05) is 23.7 Å². The molecule has 0 radical (unpaired) electrons. The molecule has 3 nitrogen and oxygen atoms in total. The summed E-state index contributed by atoms with van der Waals surface area (Å²) in [6.07, 6.45) is 0.0760. The van der Waals surface area contributed by atoms with Gasteiger partial charge in [-0.05, 0) is 17.1 Å². The molecule has 5 heteroatoms. The van der Waals surface area contributed by atoms with Crippen molar-refractivity contribution in [1.29, 1.82) is 5.26 Å². The van der Waals surface area contributed by atoms with Crippen LogP contribution in [-0.4, -0.2) is 17.2 Å². The number of hydrogen-bond donors (Lipinski definition) is 2. The van der Waals surface area contributed by atoms with Gasteiger partial charge >= 0.3 is 7.12 Å². The summed E-state index contributed by atoms with van der Waals surface area (Å²) in [5.41, 5.74) is 0.760. The van der Waals surface area contributed by atoms with E-state index in [2.05, 4.69) is 0 Å². The molecule has 2 N–H and O–H groups in total. The fourth-order valence-electron chi connectivity index (χ4n) is 1.08. The van der Waals surface area contributed by atoms with Crippen molar-refractivity contribution in [3.8, 4) is 6.07 Å². The van der Waals surface area contributed by atoms with Crippen molar-refractivity contribution in [2.45, 2.75) is 6.42 Å². The van der Waals surface area contributed by atoms with Gasteiger partial charge in [0.2, 0.25) is 0 Å². The minimum Gasteiger partial charge on any atom is -0.423 e. The maximum absolute atomic E-state index is 8.94. The van der Waals surface area contributed by atoms with E-state index in [0.717, 1.165) is 0 Å². The van der Waals surface area contributed by atoms with Crippen LogP contribution >= 0.6 is 11.6 Å². The van der Waals surface area contributed by atoms with Gasteiger partial charge in [0.15, 0.2) is 0 Å². The summed E-state index contributed by atoms with van der Waals surface area (Å²) < 4.78 is 0. The molecule has 0 unspecified atom stereocenters. The maximum Gasteiger partial charge on any atom is 0.488 e. The number of nitrogens with zero attached hydrogens (tertiary/aromatic N) is 1. The monoisotopic (exact) mass is 195 g/mol. The molecule has 0 atom stereocenters. The highest BCUT2D eigenvalue weighted by Crippen LogP contribution is 2.13. The largest absolute Gasteiger partial charge is 0.488 e. The molecule has 0 amide bonds. The number of benzene rings is 1. The molecule has 0 heterocycles. The van der Waals surface area contributed by atoms with Crippen LogP contribution in [0.5, 0.6) is 0 Å². The van der Waals surface area contributed by atoms with Gasteiger partial charge in [0, 0.05) is 5.02 Å². The molecule has 1 rings (SSSR count). The predicted octanol–water partition coefficient (Wildman–Crippen LogP) is 0.0859. The van der Waals surface area contributed by atoms with Gasteiger partial charge in [0.05, 0.1) is 12.5 Å². The van der Waals surface area contributed by atoms with Crippen LogP contribution in [0.1, 0.15) is 5.56 Å². The van der Waals surface area contributed by atoms with Crippen molar-refractivity contribution in [1.82, 2.24) is 0 Å². The minimum atomic E-state index is -1.58. The van der Waals surface area contributed by atoms with Crippen molar-refractivity contribution >= 4 is 24.2 Å². The predicted molar refractivity (Wildman–Crippen MR) is 50.6 cm³/mol. The van der Waals surface area contributed by atoms with Gasteiger partial charge in [-0.25, -0.2) is 0 Å². The van der Waals surface area contributed by atoms with E-state index >= 15 is 0 Å². The van der Waals surface area contributed by atoms with Crippen LogP contribution in [0.3, 0.4) is 0 Å². The van der Waals surface area contributed by atoms with Crippen LogP contribution in [0.4, 0.5) is 0 Å². The number of halogens is 1. The van der Waals surface area contributed by atoms with Crippen molar-refractivity contribution in [3.05, 3.63) is 28.8 Å². The Balaban J connectivity index is 3.19. The number of rotatable bonds is 2. The van der Waals surface area contributed by atoms with E-state index in [-0.39, 0.29) is 11.9 Å². The second-order valence-electron chi connectivity index (χ2n) is 2.52. The van der Waals surface area contributed by atoms with Crippen molar-refractivity contribution in [2.75, 3.05) is 0 Å². The minimum absolute atomic E-state index is 0.0760. The van der Waals surface area contributed by atoms with E-state index in [9.17, 15) is 0 Å². The maximum atomic E-state index is 8.94. The Hall–Kier alpha value is -1.02. The molecule has 13 heavy (non-hydrogen) atoms. The lowest BCUT2D eigenvalue weighted by Crippen LogP contribution is -2.33. The summed E-state index contributed by atoms with van der Waals surface area (Å²) in [6, 6.07) is 6.66. The van der Waals surface area contributed by atoms with Crippen LogP contribution < -0.4 is 5.46 Å². The van der Waals surface area contributed by atoms with Crippen molar-refractivity contribution < 1.29 is 10.0 Å². The fraction of sp³-hybridized carbons (Fsp3) is 0.125. The Kier molecular flexibility index (Phi) is 3.32. The lowest BCUT2D eigenvalue weighted by Gasteiger charge is -2.06. The zero-order chi connectivity index (χ0) is 9.84. The smallest absolute Gasteiger partial charge is 0.423 e. The lowest BCUT2D eigenvalue weighted by molar-refractivity contribution is 0.425.